The number of anilines is 2. The van der Waals surface area contributed by atoms with Crippen LogP contribution in [0, 0.1) is 11.8 Å². The van der Waals surface area contributed by atoms with E-state index in [4.69, 9.17) is 0 Å². The third kappa shape index (κ3) is 5.59. The summed E-state index contributed by atoms with van der Waals surface area (Å²) in [5.74, 6) is -2.41. The number of aromatic nitrogens is 1. The fourth-order valence-corrected chi connectivity index (χ4v) is 5.55. The van der Waals surface area contributed by atoms with E-state index in [1.165, 1.54) is 29.5 Å². The van der Waals surface area contributed by atoms with E-state index < -0.39 is 24.2 Å². The molecule has 6 nitrogen and oxygen atoms in total. The fraction of sp³-hybridized carbons (Fsp3) is 0.222. The molecule has 0 spiro atoms. The largest absolute Gasteiger partial charge is 0.573 e. The van der Waals surface area contributed by atoms with E-state index in [0.29, 0.717) is 33.8 Å². The molecule has 5 rings (SSSR count). The first-order chi connectivity index (χ1) is 17.7. The number of nitrogens with one attached hydrogen (secondary N) is 1. The van der Waals surface area contributed by atoms with Crippen LogP contribution in [0.25, 0.3) is 21.3 Å². The topological polar surface area (TPSA) is 88.5 Å². The minimum Gasteiger partial charge on any atom is -0.481 e. The summed E-state index contributed by atoms with van der Waals surface area (Å²) >= 11 is 1.21. The summed E-state index contributed by atoms with van der Waals surface area (Å²) in [5, 5.41) is 13.1. The highest BCUT2D eigenvalue weighted by Crippen LogP contribution is 2.36. The van der Waals surface area contributed by atoms with E-state index in [-0.39, 0.29) is 11.5 Å². The first kappa shape index (κ1) is 24.8. The lowest BCUT2D eigenvalue weighted by atomic mass is 9.88. The molecule has 2 N–H and O–H groups in total. The Kier molecular flexibility index (Phi) is 6.59. The van der Waals surface area contributed by atoms with Gasteiger partial charge >= 0.3 is 12.3 Å². The number of hydrogen-bond donors (Lipinski definition) is 2. The summed E-state index contributed by atoms with van der Waals surface area (Å²) in [6, 6.07) is 18.7. The van der Waals surface area contributed by atoms with E-state index in [1.807, 2.05) is 36.4 Å². The Balaban J connectivity index is 1.26. The Morgan fingerprint density at radius 3 is 2.24 bits per heavy atom. The Morgan fingerprint density at radius 1 is 0.946 bits per heavy atom. The summed E-state index contributed by atoms with van der Waals surface area (Å²) in [4.78, 5) is 28.7. The fourth-order valence-electron chi connectivity index (χ4n) is 4.64. The molecule has 1 aromatic heterocycles. The van der Waals surface area contributed by atoms with Crippen LogP contribution in [-0.2, 0) is 4.79 Å². The number of carboxylic acids is 1. The van der Waals surface area contributed by atoms with Crippen molar-refractivity contribution in [2.75, 3.05) is 5.32 Å². The number of benzene rings is 3. The van der Waals surface area contributed by atoms with Crippen LogP contribution in [-0.4, -0.2) is 28.2 Å². The van der Waals surface area contributed by atoms with Gasteiger partial charge in [0, 0.05) is 23.2 Å². The van der Waals surface area contributed by atoms with Crippen molar-refractivity contribution in [1.29, 1.82) is 0 Å². The highest BCUT2D eigenvalue weighted by molar-refractivity contribution is 7.22. The quantitative estimate of drug-likeness (QED) is 0.246. The van der Waals surface area contributed by atoms with E-state index in [9.17, 15) is 27.9 Å². The van der Waals surface area contributed by atoms with Crippen LogP contribution in [0.15, 0.2) is 66.7 Å². The van der Waals surface area contributed by atoms with E-state index in [0.717, 1.165) is 23.2 Å². The smallest absolute Gasteiger partial charge is 0.481 e. The molecule has 4 aromatic rings. The summed E-state index contributed by atoms with van der Waals surface area (Å²) < 4.78 is 41.9. The molecule has 1 saturated carbocycles. The van der Waals surface area contributed by atoms with E-state index in [1.54, 1.807) is 12.1 Å². The maximum atomic E-state index is 12.8. The van der Waals surface area contributed by atoms with Crippen molar-refractivity contribution in [3.8, 4) is 16.9 Å². The predicted octanol–water partition coefficient (Wildman–Crippen LogP) is 7.29. The molecule has 3 aromatic carbocycles. The van der Waals surface area contributed by atoms with Crippen molar-refractivity contribution in [3.05, 3.63) is 72.3 Å². The second-order valence-corrected chi connectivity index (χ2v) is 9.85. The molecule has 0 bridgehead atoms. The number of carbonyl (C=O) groups is 2. The lowest BCUT2D eigenvalue weighted by Crippen LogP contribution is -2.25. The van der Waals surface area contributed by atoms with Gasteiger partial charge in [0.1, 0.15) is 5.75 Å². The number of carbonyl (C=O) groups excluding carboxylic acids is 1. The number of nitrogens with zero attached hydrogens (tertiary/aromatic N) is 1. The Labute approximate surface area is 213 Å². The molecule has 0 saturated heterocycles. The highest BCUT2D eigenvalue weighted by Gasteiger charge is 2.38. The van der Waals surface area contributed by atoms with Gasteiger partial charge in [-0.25, -0.2) is 4.98 Å². The van der Waals surface area contributed by atoms with Gasteiger partial charge in [0.25, 0.3) is 0 Å². The van der Waals surface area contributed by atoms with Crippen molar-refractivity contribution >= 4 is 44.1 Å². The van der Waals surface area contributed by atoms with Gasteiger partial charge in [-0.3, -0.25) is 9.59 Å². The van der Waals surface area contributed by atoms with Crippen molar-refractivity contribution in [2.45, 2.75) is 25.6 Å². The Bertz CT molecular complexity index is 1450. The van der Waals surface area contributed by atoms with Crippen LogP contribution in [0.5, 0.6) is 5.75 Å². The zero-order valence-corrected chi connectivity index (χ0v) is 20.1. The summed E-state index contributed by atoms with van der Waals surface area (Å²) in [6.45, 7) is 0. The molecular formula is C27H21F3N2O4S. The van der Waals surface area contributed by atoms with Crippen molar-refractivity contribution < 1.29 is 32.6 Å². The number of hydrogen-bond acceptors (Lipinski definition) is 6. The van der Waals surface area contributed by atoms with Crippen LogP contribution in [0.2, 0.25) is 0 Å². The van der Waals surface area contributed by atoms with Gasteiger partial charge < -0.3 is 15.2 Å². The van der Waals surface area contributed by atoms with Crippen molar-refractivity contribution in [1.82, 2.24) is 4.98 Å². The van der Waals surface area contributed by atoms with Crippen LogP contribution in [0.1, 0.15) is 29.6 Å². The number of alkyl halides is 3. The number of ketones is 1. The van der Waals surface area contributed by atoms with Crippen molar-refractivity contribution in [2.24, 2.45) is 11.8 Å². The van der Waals surface area contributed by atoms with Crippen LogP contribution in [0.3, 0.4) is 0 Å². The predicted molar refractivity (Wildman–Crippen MR) is 134 cm³/mol. The van der Waals surface area contributed by atoms with Gasteiger partial charge in [-0.05, 0) is 48.2 Å². The van der Waals surface area contributed by atoms with Gasteiger partial charge in [0.15, 0.2) is 10.9 Å². The molecule has 0 radical (unpaired) electrons. The van der Waals surface area contributed by atoms with E-state index >= 15 is 0 Å². The minimum atomic E-state index is -4.75. The number of rotatable bonds is 7. The molecule has 0 unspecified atom stereocenters. The maximum Gasteiger partial charge on any atom is 0.573 e. The lowest BCUT2D eigenvalue weighted by molar-refractivity contribution is -0.274. The minimum absolute atomic E-state index is 0.121. The van der Waals surface area contributed by atoms with Gasteiger partial charge in [-0.1, -0.05) is 54.2 Å². The van der Waals surface area contributed by atoms with Crippen LogP contribution >= 0.6 is 11.3 Å². The third-order valence-corrected chi connectivity index (χ3v) is 7.34. The Hall–Kier alpha value is -3.92. The van der Waals surface area contributed by atoms with Crippen molar-refractivity contribution in [3.63, 3.8) is 0 Å². The Morgan fingerprint density at radius 2 is 1.59 bits per heavy atom. The first-order valence-electron chi connectivity index (χ1n) is 11.6. The molecule has 2 atom stereocenters. The monoisotopic (exact) mass is 526 g/mol. The normalized spacial score (nSPS) is 17.6. The highest BCUT2D eigenvalue weighted by atomic mass is 32.1. The standard InChI is InChI=1S/C27H21F3N2O4S/c28-27(29,30)36-19-12-13-22-23(14-19)37-26(32-22)31-18-10-8-16(9-11-18)15-4-6-17(7-5-15)24(33)20-2-1-3-21(20)25(34)35/h4-14,20-21H,1-3H2,(H,31,32)(H,34,35)/t20-,21-/m0/s1. The second kappa shape index (κ2) is 9.85. The van der Waals surface area contributed by atoms with Gasteiger partial charge in [-0.15, -0.1) is 13.2 Å². The average Bonchev–Trinajstić information content (AvgIpc) is 3.50. The number of ether oxygens (including phenoxy) is 1. The number of thiazole rings is 1. The first-order valence-corrected chi connectivity index (χ1v) is 12.4. The third-order valence-electron chi connectivity index (χ3n) is 6.40. The number of Topliss-reactive ketones (excluding diaryl/α,β-unsaturated/α-hetero) is 1. The second-order valence-electron chi connectivity index (χ2n) is 8.82. The number of aliphatic carboxylic acids is 1. The van der Waals surface area contributed by atoms with Crippen LogP contribution in [0.4, 0.5) is 24.0 Å². The maximum absolute atomic E-state index is 12.8. The zero-order chi connectivity index (χ0) is 26.2. The lowest BCUT2D eigenvalue weighted by Gasteiger charge is -2.14. The average molecular weight is 527 g/mol. The zero-order valence-electron chi connectivity index (χ0n) is 19.3. The van der Waals surface area contributed by atoms with Gasteiger partial charge in [0.05, 0.1) is 16.1 Å². The summed E-state index contributed by atoms with van der Waals surface area (Å²) in [6.07, 6.45) is -2.87. The molecule has 0 aliphatic heterocycles. The molecule has 1 heterocycles. The molecule has 0 amide bonds. The molecular weight excluding hydrogens is 505 g/mol. The summed E-state index contributed by atoms with van der Waals surface area (Å²) in [5.41, 5.74) is 3.65. The SMILES string of the molecule is O=C(O)[C@H]1CCC[C@@H]1C(=O)c1ccc(-c2ccc(Nc3nc4ccc(OC(F)(F)F)cc4s3)cc2)cc1. The van der Waals surface area contributed by atoms with E-state index in [2.05, 4.69) is 15.0 Å². The van der Waals surface area contributed by atoms with Gasteiger partial charge in [0.2, 0.25) is 0 Å². The summed E-state index contributed by atoms with van der Waals surface area (Å²) in [7, 11) is 0. The van der Waals surface area contributed by atoms with Crippen LogP contribution < -0.4 is 10.1 Å². The number of carboxylic acid groups (broad SMARTS) is 1. The molecule has 1 aliphatic carbocycles. The molecule has 10 heteroatoms. The molecule has 190 valence electrons. The number of fused-ring (bicyclic) bond motifs is 1. The van der Waals surface area contributed by atoms with Gasteiger partial charge in [-0.2, -0.15) is 0 Å². The molecule has 37 heavy (non-hydrogen) atoms. The molecule has 1 aliphatic rings. The molecule has 1 fully saturated rings. The number of halogens is 3.